The predicted molar refractivity (Wildman–Crippen MR) is 88.9 cm³/mol. The molecule has 1 fully saturated rings. The van der Waals surface area contributed by atoms with E-state index in [-0.39, 0.29) is 12.2 Å². The van der Waals surface area contributed by atoms with Gasteiger partial charge in [-0.25, -0.2) is 4.79 Å². The molecule has 0 aliphatic carbocycles. The van der Waals surface area contributed by atoms with Gasteiger partial charge in [-0.15, -0.1) is 0 Å². The van der Waals surface area contributed by atoms with Crippen LogP contribution in [0, 0.1) is 0 Å². The molecule has 5 nitrogen and oxygen atoms in total. The molecule has 1 heterocycles. The van der Waals surface area contributed by atoms with Crippen molar-refractivity contribution in [3.05, 3.63) is 59.1 Å². The first-order valence-electron chi connectivity index (χ1n) is 7.31. The average molecular weight is 333 g/mol. The zero-order valence-electron chi connectivity index (χ0n) is 12.4. The van der Waals surface area contributed by atoms with Crippen LogP contribution in [-0.4, -0.2) is 25.3 Å². The van der Waals surface area contributed by atoms with Crippen LogP contribution in [-0.2, 0) is 11.3 Å². The molecule has 2 N–H and O–H groups in total. The summed E-state index contributed by atoms with van der Waals surface area (Å²) < 4.78 is 10.9. The number of ether oxygens (including phenoxy) is 2. The number of carbonyl (C=O) groups excluding carboxylic acids is 1. The summed E-state index contributed by atoms with van der Waals surface area (Å²) in [4.78, 5) is 13.3. The molecule has 0 radical (unpaired) electrons. The lowest BCUT2D eigenvalue weighted by molar-refractivity contribution is 0.145. The van der Waals surface area contributed by atoms with Gasteiger partial charge in [0.05, 0.1) is 6.54 Å². The number of nitrogens with zero attached hydrogens (tertiary/aromatic N) is 1. The van der Waals surface area contributed by atoms with Gasteiger partial charge in [0, 0.05) is 17.3 Å². The molecule has 1 aliphatic rings. The molecule has 120 valence electrons. The number of rotatable bonds is 5. The van der Waals surface area contributed by atoms with E-state index >= 15 is 0 Å². The Hall–Kier alpha value is -2.24. The summed E-state index contributed by atoms with van der Waals surface area (Å²) in [6, 6.07) is 14.8. The summed E-state index contributed by atoms with van der Waals surface area (Å²) in [6.45, 7) is 1.22. The summed E-state index contributed by atoms with van der Waals surface area (Å²) in [5, 5.41) is 0.684. The maximum atomic E-state index is 11.8. The number of anilines is 1. The highest BCUT2D eigenvalue weighted by Crippen LogP contribution is 2.24. The van der Waals surface area contributed by atoms with Crippen molar-refractivity contribution in [2.75, 3.05) is 18.0 Å². The summed E-state index contributed by atoms with van der Waals surface area (Å²) >= 11 is 5.94. The van der Waals surface area contributed by atoms with E-state index in [2.05, 4.69) is 0 Å². The van der Waals surface area contributed by atoms with Crippen LogP contribution in [0.15, 0.2) is 48.5 Å². The van der Waals surface area contributed by atoms with Crippen molar-refractivity contribution < 1.29 is 14.3 Å². The molecule has 1 atom stereocenters. The zero-order chi connectivity index (χ0) is 16.2. The van der Waals surface area contributed by atoms with Crippen molar-refractivity contribution in [3.63, 3.8) is 0 Å². The molecule has 1 aliphatic heterocycles. The predicted octanol–water partition coefficient (Wildman–Crippen LogP) is 3.20. The fourth-order valence-corrected chi connectivity index (χ4v) is 2.58. The fourth-order valence-electron chi connectivity index (χ4n) is 2.37. The highest BCUT2D eigenvalue weighted by Gasteiger charge is 2.31. The van der Waals surface area contributed by atoms with Gasteiger partial charge >= 0.3 is 6.09 Å². The lowest BCUT2D eigenvalue weighted by Crippen LogP contribution is -2.27. The first-order valence-corrected chi connectivity index (χ1v) is 7.69. The third kappa shape index (κ3) is 3.75. The summed E-state index contributed by atoms with van der Waals surface area (Å²) in [7, 11) is 0. The van der Waals surface area contributed by atoms with Crippen LogP contribution in [0.1, 0.15) is 5.56 Å². The van der Waals surface area contributed by atoms with Crippen molar-refractivity contribution in [3.8, 4) is 5.75 Å². The Morgan fingerprint density at radius 3 is 2.70 bits per heavy atom. The molecule has 23 heavy (non-hydrogen) atoms. The zero-order valence-corrected chi connectivity index (χ0v) is 13.2. The number of cyclic esters (lactones) is 1. The molecule has 0 aromatic heterocycles. The van der Waals surface area contributed by atoms with Gasteiger partial charge in [0.1, 0.15) is 18.5 Å². The van der Waals surface area contributed by atoms with Crippen molar-refractivity contribution in [1.82, 2.24) is 0 Å². The molecule has 0 saturated carbocycles. The summed E-state index contributed by atoms with van der Waals surface area (Å²) in [5.74, 6) is 0.719. The van der Waals surface area contributed by atoms with Crippen LogP contribution in [0.25, 0.3) is 0 Å². The van der Waals surface area contributed by atoms with Crippen molar-refractivity contribution >= 4 is 23.4 Å². The normalized spacial score (nSPS) is 17.2. The van der Waals surface area contributed by atoms with Gasteiger partial charge < -0.3 is 15.2 Å². The maximum absolute atomic E-state index is 11.8. The first kappa shape index (κ1) is 15.6. The Kier molecular flexibility index (Phi) is 4.69. The number of amides is 1. The molecule has 0 spiro atoms. The van der Waals surface area contributed by atoms with Gasteiger partial charge in [-0.05, 0) is 42.0 Å². The Bertz CT molecular complexity index is 690. The fraction of sp³-hybridized carbons (Fsp3) is 0.235. The lowest BCUT2D eigenvalue weighted by Gasteiger charge is -2.13. The monoisotopic (exact) mass is 332 g/mol. The number of hydrogen-bond donors (Lipinski definition) is 1. The molecule has 3 rings (SSSR count). The van der Waals surface area contributed by atoms with E-state index in [0.29, 0.717) is 24.7 Å². The van der Waals surface area contributed by atoms with E-state index in [1.54, 1.807) is 4.90 Å². The number of halogens is 1. The van der Waals surface area contributed by atoms with E-state index in [1.165, 1.54) is 0 Å². The Labute approximate surface area is 139 Å². The summed E-state index contributed by atoms with van der Waals surface area (Å²) in [6.07, 6.45) is -0.616. The number of nitrogens with two attached hydrogens (primary N) is 1. The molecule has 1 amide bonds. The molecular weight excluding hydrogens is 316 g/mol. The molecule has 6 heteroatoms. The van der Waals surface area contributed by atoms with Crippen LogP contribution in [0.5, 0.6) is 5.75 Å². The minimum atomic E-state index is -0.368. The average Bonchev–Trinajstić information content (AvgIpc) is 2.95. The second kappa shape index (κ2) is 6.89. The Morgan fingerprint density at radius 2 is 2.04 bits per heavy atom. The largest absolute Gasteiger partial charge is 0.489 e. The van der Waals surface area contributed by atoms with Gasteiger partial charge in [0.2, 0.25) is 0 Å². The number of benzene rings is 2. The number of hydrogen-bond acceptors (Lipinski definition) is 4. The van der Waals surface area contributed by atoms with Crippen LogP contribution in [0.3, 0.4) is 0 Å². The lowest BCUT2D eigenvalue weighted by atomic mass is 10.2. The van der Waals surface area contributed by atoms with Crippen LogP contribution < -0.4 is 15.4 Å². The van der Waals surface area contributed by atoms with E-state index in [0.717, 1.165) is 17.0 Å². The van der Waals surface area contributed by atoms with Crippen LogP contribution in [0.4, 0.5) is 10.5 Å². The minimum Gasteiger partial charge on any atom is -0.489 e. The van der Waals surface area contributed by atoms with Gasteiger partial charge in [-0.3, -0.25) is 4.90 Å². The molecule has 2 aromatic rings. The second-order valence-corrected chi connectivity index (χ2v) is 5.70. The van der Waals surface area contributed by atoms with E-state index in [9.17, 15) is 4.79 Å². The quantitative estimate of drug-likeness (QED) is 0.913. The standard InChI is InChI=1S/C17H17ClN2O3/c18-13-3-1-2-12(8-13)11-22-15-6-4-14(5-7-15)20-10-16(9-19)23-17(20)21/h1-8,16H,9-11,19H2/t16-/m1/s1. The molecule has 1 saturated heterocycles. The van der Waals surface area contributed by atoms with E-state index in [1.807, 2.05) is 48.5 Å². The molecule has 0 unspecified atom stereocenters. The first-order chi connectivity index (χ1) is 11.2. The third-order valence-electron chi connectivity index (χ3n) is 3.58. The molecule has 2 aromatic carbocycles. The Morgan fingerprint density at radius 1 is 1.26 bits per heavy atom. The highest BCUT2D eigenvalue weighted by atomic mass is 35.5. The highest BCUT2D eigenvalue weighted by molar-refractivity contribution is 6.30. The smallest absolute Gasteiger partial charge is 0.414 e. The van der Waals surface area contributed by atoms with Gasteiger partial charge in [0.25, 0.3) is 0 Å². The van der Waals surface area contributed by atoms with Gasteiger partial charge in [-0.1, -0.05) is 23.7 Å². The SMILES string of the molecule is NC[C@@H]1CN(c2ccc(OCc3cccc(Cl)c3)cc2)C(=O)O1. The van der Waals surface area contributed by atoms with E-state index < -0.39 is 0 Å². The summed E-state index contributed by atoms with van der Waals surface area (Å²) in [5.41, 5.74) is 7.29. The van der Waals surface area contributed by atoms with Crippen LogP contribution in [0.2, 0.25) is 5.02 Å². The number of carbonyl (C=O) groups is 1. The van der Waals surface area contributed by atoms with Gasteiger partial charge in [0.15, 0.2) is 0 Å². The minimum absolute atomic E-state index is 0.249. The van der Waals surface area contributed by atoms with Gasteiger partial charge in [-0.2, -0.15) is 0 Å². The van der Waals surface area contributed by atoms with E-state index in [4.69, 9.17) is 26.8 Å². The Balaban J connectivity index is 1.62. The van der Waals surface area contributed by atoms with Crippen molar-refractivity contribution in [1.29, 1.82) is 0 Å². The topological polar surface area (TPSA) is 64.8 Å². The van der Waals surface area contributed by atoms with Crippen molar-refractivity contribution in [2.24, 2.45) is 5.73 Å². The van der Waals surface area contributed by atoms with Crippen molar-refractivity contribution in [2.45, 2.75) is 12.7 Å². The van der Waals surface area contributed by atoms with Crippen LogP contribution >= 0.6 is 11.6 Å². The molecule has 0 bridgehead atoms. The maximum Gasteiger partial charge on any atom is 0.414 e. The second-order valence-electron chi connectivity index (χ2n) is 5.26. The molecular formula is C17H17ClN2O3. The third-order valence-corrected chi connectivity index (χ3v) is 3.81.